The number of halogens is 2. The number of phenolic OH excluding ortho intramolecular Hbond substituents is 1. The highest BCUT2D eigenvalue weighted by molar-refractivity contribution is 14.1. The van der Waals surface area contributed by atoms with E-state index >= 15 is 0 Å². The summed E-state index contributed by atoms with van der Waals surface area (Å²) in [5.74, 6) is -2.34. The number of para-hydroxylation sites is 1. The number of aromatic carboxylic acids is 1. The van der Waals surface area contributed by atoms with Gasteiger partial charge in [-0.25, -0.2) is 4.79 Å². The van der Waals surface area contributed by atoms with Gasteiger partial charge in [-0.3, -0.25) is 28.5 Å². The summed E-state index contributed by atoms with van der Waals surface area (Å²) < 4.78 is 11.9. The van der Waals surface area contributed by atoms with E-state index in [4.69, 9.17) is 26.6 Å². The number of amides is 2. The number of hydrogen-bond acceptors (Lipinski definition) is 9. The standard InChI is InChI=1S/C19H16ClNO4.C9H8O4.C8H9NO2.C2H4INO/c1-11-15(10-18(22)23)16-9-14(25-2)7-8-17(16)21(11)19(24)12-3-5-13(20)6-4-12;1-6(10)13-8-5-3-2-4-7(8)9(11)12;1-6(10)9-7-2-4-8(11)5-3-7;3-1-2(4)5/h3-9H,10H2,1-2H3,(H,22,23);2-5H,1H3,(H,11,12);2-5,11H,1H3,(H,9,10);1H2,(H2,4,5). The Morgan fingerprint density at radius 1 is 0.889 bits per heavy atom. The summed E-state index contributed by atoms with van der Waals surface area (Å²) >= 11 is 7.79. The van der Waals surface area contributed by atoms with Crippen molar-refractivity contribution in [1.29, 1.82) is 0 Å². The van der Waals surface area contributed by atoms with Crippen LogP contribution in [0.1, 0.15) is 45.8 Å². The molecule has 0 aliphatic carbocycles. The molecule has 6 N–H and O–H groups in total. The van der Waals surface area contributed by atoms with Crippen molar-refractivity contribution in [3.63, 3.8) is 0 Å². The highest BCUT2D eigenvalue weighted by atomic mass is 127. The maximum absolute atomic E-state index is 13.0. The van der Waals surface area contributed by atoms with Crippen LogP contribution in [0.25, 0.3) is 10.9 Å². The minimum absolute atomic E-state index is 0.0160. The lowest BCUT2D eigenvalue weighted by Crippen LogP contribution is -2.14. The highest BCUT2D eigenvalue weighted by Gasteiger charge is 2.22. The van der Waals surface area contributed by atoms with Crippen molar-refractivity contribution in [2.24, 2.45) is 5.73 Å². The van der Waals surface area contributed by atoms with Gasteiger partial charge in [0, 0.05) is 41.2 Å². The van der Waals surface area contributed by atoms with Gasteiger partial charge >= 0.3 is 17.9 Å². The van der Waals surface area contributed by atoms with E-state index in [1.54, 1.807) is 80.8 Å². The Balaban J connectivity index is 0.000000291. The summed E-state index contributed by atoms with van der Waals surface area (Å²) in [6.07, 6.45) is -0.170. The van der Waals surface area contributed by atoms with E-state index < -0.39 is 17.9 Å². The third-order valence-electron chi connectivity index (χ3n) is 6.85. The van der Waals surface area contributed by atoms with E-state index in [-0.39, 0.29) is 41.2 Å². The van der Waals surface area contributed by atoms with Crippen LogP contribution in [0.2, 0.25) is 5.02 Å². The first-order valence-corrected chi connectivity index (χ1v) is 17.5. The zero-order valence-electron chi connectivity index (χ0n) is 29.5. The van der Waals surface area contributed by atoms with E-state index in [0.717, 1.165) is 0 Å². The van der Waals surface area contributed by atoms with Crippen LogP contribution in [0.4, 0.5) is 5.69 Å². The first-order valence-electron chi connectivity index (χ1n) is 15.6. The molecule has 5 aromatic rings. The number of benzene rings is 4. The molecule has 14 nitrogen and oxygen atoms in total. The molecule has 16 heteroatoms. The molecule has 0 aliphatic heterocycles. The number of esters is 1. The van der Waals surface area contributed by atoms with E-state index in [9.17, 15) is 33.9 Å². The molecule has 0 bridgehead atoms. The predicted octanol–water partition coefficient (Wildman–Crippen LogP) is 6.49. The number of primary amides is 1. The molecule has 0 saturated heterocycles. The van der Waals surface area contributed by atoms with Crippen LogP contribution in [-0.2, 0) is 25.6 Å². The molecule has 1 heterocycles. The average Bonchev–Trinajstić information content (AvgIpc) is 3.39. The fourth-order valence-electron chi connectivity index (χ4n) is 4.58. The molecular formula is C38H37ClIN3O11. The van der Waals surface area contributed by atoms with Gasteiger partial charge in [0.25, 0.3) is 5.91 Å². The zero-order valence-corrected chi connectivity index (χ0v) is 32.4. The first-order chi connectivity index (χ1) is 25.5. The second kappa shape index (κ2) is 21.6. The molecule has 0 atom stereocenters. The molecule has 0 spiro atoms. The quantitative estimate of drug-likeness (QED) is 0.0372. The van der Waals surface area contributed by atoms with Crippen molar-refractivity contribution in [3.8, 4) is 17.2 Å². The van der Waals surface area contributed by atoms with Crippen molar-refractivity contribution < 1.29 is 53.6 Å². The lowest BCUT2D eigenvalue weighted by molar-refractivity contribution is -0.136. The number of aliphatic carboxylic acids is 1. The number of carbonyl (C=O) groups excluding carboxylic acids is 4. The van der Waals surface area contributed by atoms with Gasteiger partial charge in [-0.2, -0.15) is 0 Å². The fourth-order valence-corrected chi connectivity index (χ4v) is 4.71. The summed E-state index contributed by atoms with van der Waals surface area (Å²) in [6.45, 7) is 4.41. The van der Waals surface area contributed by atoms with Gasteiger partial charge in [0.1, 0.15) is 22.8 Å². The minimum atomic E-state index is -1.11. The molecular weight excluding hydrogens is 837 g/mol. The van der Waals surface area contributed by atoms with Crippen LogP contribution in [0.3, 0.4) is 0 Å². The van der Waals surface area contributed by atoms with Crippen LogP contribution >= 0.6 is 34.2 Å². The Labute approximate surface area is 328 Å². The molecule has 2 amide bonds. The van der Waals surface area contributed by atoms with Gasteiger partial charge in [-0.05, 0) is 91.3 Å². The van der Waals surface area contributed by atoms with Gasteiger partial charge in [0.15, 0.2) is 0 Å². The first kappa shape index (κ1) is 44.2. The second-order valence-corrected chi connectivity index (χ2v) is 12.1. The normalized spacial score (nSPS) is 9.81. The molecule has 284 valence electrons. The van der Waals surface area contributed by atoms with E-state index in [1.807, 2.05) is 22.6 Å². The van der Waals surface area contributed by atoms with Crippen LogP contribution < -0.4 is 20.5 Å². The number of carboxylic acids is 2. The molecule has 0 radical (unpaired) electrons. The number of phenols is 1. The second-order valence-electron chi connectivity index (χ2n) is 10.9. The number of ether oxygens (including phenoxy) is 2. The number of aromatic nitrogens is 1. The third kappa shape index (κ3) is 13.9. The van der Waals surface area contributed by atoms with E-state index in [2.05, 4.69) is 15.8 Å². The molecule has 0 aliphatic rings. The Morgan fingerprint density at radius 3 is 1.98 bits per heavy atom. The van der Waals surface area contributed by atoms with E-state index in [1.165, 1.54) is 42.7 Å². The lowest BCUT2D eigenvalue weighted by Gasteiger charge is -2.08. The molecule has 54 heavy (non-hydrogen) atoms. The summed E-state index contributed by atoms with van der Waals surface area (Å²) in [4.78, 5) is 65.5. The summed E-state index contributed by atoms with van der Waals surface area (Å²) in [6, 6.07) is 24.2. The monoisotopic (exact) mass is 873 g/mol. The molecule has 0 saturated carbocycles. The van der Waals surface area contributed by atoms with Gasteiger partial charge in [0.05, 0.1) is 23.5 Å². The number of carbonyl (C=O) groups is 6. The minimum Gasteiger partial charge on any atom is -0.508 e. The number of nitrogens with zero attached hydrogens (tertiary/aromatic N) is 1. The molecule has 4 aromatic carbocycles. The molecule has 5 rings (SSSR count). The van der Waals surface area contributed by atoms with Gasteiger partial charge in [-0.15, -0.1) is 0 Å². The Kier molecular flexibility index (Phi) is 17.7. The van der Waals surface area contributed by atoms with Crippen molar-refractivity contribution in [2.75, 3.05) is 16.9 Å². The number of methoxy groups -OCH3 is 1. The summed E-state index contributed by atoms with van der Waals surface area (Å²) in [7, 11) is 1.54. The van der Waals surface area contributed by atoms with Crippen molar-refractivity contribution in [1.82, 2.24) is 4.57 Å². The third-order valence-corrected chi connectivity index (χ3v) is 7.86. The van der Waals surface area contributed by atoms with Crippen LogP contribution in [0.5, 0.6) is 17.2 Å². The summed E-state index contributed by atoms with van der Waals surface area (Å²) in [5.41, 5.74) is 7.64. The van der Waals surface area contributed by atoms with Gasteiger partial charge in [0.2, 0.25) is 11.8 Å². The Bertz CT molecular complexity index is 2120. The lowest BCUT2D eigenvalue weighted by atomic mass is 10.1. The number of carboxylic acid groups (broad SMARTS) is 2. The number of rotatable bonds is 8. The van der Waals surface area contributed by atoms with Gasteiger partial charge < -0.3 is 35.8 Å². The maximum Gasteiger partial charge on any atom is 0.339 e. The van der Waals surface area contributed by atoms with Crippen LogP contribution in [0, 0.1) is 6.92 Å². The van der Waals surface area contributed by atoms with Crippen molar-refractivity contribution in [3.05, 3.63) is 118 Å². The number of alkyl halides is 1. The number of anilines is 1. The SMILES string of the molecule is CC(=O)Nc1ccc(O)cc1.CC(=O)Oc1ccccc1C(=O)O.COc1ccc2c(c1)c(CC(=O)O)c(C)n2C(=O)c1ccc(Cl)cc1.NC(=O)CI. The number of fused-ring (bicyclic) bond motifs is 1. The van der Waals surface area contributed by atoms with Crippen molar-refractivity contribution in [2.45, 2.75) is 27.2 Å². The summed E-state index contributed by atoms with van der Waals surface area (Å²) in [5, 5.41) is 30.6. The predicted molar refractivity (Wildman–Crippen MR) is 211 cm³/mol. The maximum atomic E-state index is 13.0. The number of aromatic hydroxyl groups is 1. The van der Waals surface area contributed by atoms with Crippen LogP contribution in [-0.4, -0.2) is 67.1 Å². The Morgan fingerprint density at radius 2 is 1.48 bits per heavy atom. The molecule has 0 unspecified atom stereocenters. The fraction of sp³-hybridized carbons (Fsp3) is 0.158. The molecule has 1 aromatic heterocycles. The van der Waals surface area contributed by atoms with Crippen molar-refractivity contribution >= 4 is 86.4 Å². The zero-order chi connectivity index (χ0) is 40.5. The topological polar surface area (TPSA) is 225 Å². The van der Waals surface area contributed by atoms with Gasteiger partial charge in [-0.1, -0.05) is 46.3 Å². The number of nitrogens with two attached hydrogens (primary N) is 1. The van der Waals surface area contributed by atoms with E-state index in [0.29, 0.717) is 48.6 Å². The van der Waals surface area contributed by atoms with Crippen LogP contribution in [0.15, 0.2) is 91.0 Å². The smallest absolute Gasteiger partial charge is 0.339 e. The highest BCUT2D eigenvalue weighted by Crippen LogP contribution is 2.31. The Hall–Kier alpha value is -5.94. The molecule has 0 fully saturated rings. The largest absolute Gasteiger partial charge is 0.508 e. The number of nitrogens with one attached hydrogen (secondary N) is 1. The average molecular weight is 874 g/mol. The number of hydrogen-bond donors (Lipinski definition) is 5.